The molecule has 0 aliphatic carbocycles. The molecule has 1 saturated heterocycles. The fraction of sp³-hybridized carbons (Fsp3) is 0.423. The highest BCUT2D eigenvalue weighted by molar-refractivity contribution is 5.94. The molecule has 0 aromatic heterocycles. The highest BCUT2D eigenvalue weighted by Gasteiger charge is 2.44. The lowest BCUT2D eigenvalue weighted by Crippen LogP contribution is -2.59. The van der Waals surface area contributed by atoms with Gasteiger partial charge in [0.15, 0.2) is 29.3 Å². The maximum Gasteiger partial charge on any atom is 0.335 e. The average molecular weight is 530 g/mol. The third-order valence-corrected chi connectivity index (χ3v) is 7.00. The van der Waals surface area contributed by atoms with Gasteiger partial charge < -0.3 is 53.6 Å². The summed E-state index contributed by atoms with van der Waals surface area (Å²) in [7, 11) is 0. The van der Waals surface area contributed by atoms with Crippen molar-refractivity contribution in [2.75, 3.05) is 33.4 Å². The highest BCUT2D eigenvalue weighted by atomic mass is 16.7. The van der Waals surface area contributed by atoms with Gasteiger partial charge in [-0.25, -0.2) is 4.79 Å². The molecule has 1 fully saturated rings. The van der Waals surface area contributed by atoms with E-state index in [1.54, 1.807) is 24.3 Å². The number of hydrogen-bond donors (Lipinski definition) is 4. The van der Waals surface area contributed by atoms with E-state index in [-0.39, 0.29) is 26.8 Å². The van der Waals surface area contributed by atoms with Crippen LogP contribution in [0.5, 0.6) is 23.0 Å². The third-order valence-electron chi connectivity index (χ3n) is 7.00. The van der Waals surface area contributed by atoms with Gasteiger partial charge in [0, 0.05) is 11.5 Å². The predicted octanol–water partition coefficient (Wildman–Crippen LogP) is -0.0542. The van der Waals surface area contributed by atoms with Crippen molar-refractivity contribution in [2.24, 2.45) is 0 Å². The number of hydrogen-bond acceptors (Lipinski definition) is 12. The van der Waals surface area contributed by atoms with Gasteiger partial charge in [-0.05, 0) is 35.4 Å². The molecular formula is C26H26O12. The zero-order chi connectivity index (χ0) is 26.4. The van der Waals surface area contributed by atoms with E-state index < -0.39 is 49.2 Å². The van der Waals surface area contributed by atoms with Crippen molar-refractivity contribution in [1.29, 1.82) is 0 Å². The number of benzene rings is 2. The minimum atomic E-state index is -1.59. The molecule has 4 aliphatic heterocycles. The first-order valence-corrected chi connectivity index (χ1v) is 12.0. The summed E-state index contributed by atoms with van der Waals surface area (Å²) in [5.41, 5.74) is 2.28. The van der Waals surface area contributed by atoms with Crippen molar-refractivity contribution in [2.45, 2.75) is 36.6 Å². The number of cyclic esters (lactones) is 1. The molecule has 0 spiro atoms. The van der Waals surface area contributed by atoms with E-state index in [1.807, 2.05) is 12.1 Å². The lowest BCUT2D eigenvalue weighted by molar-refractivity contribution is -0.299. The molecule has 38 heavy (non-hydrogen) atoms. The van der Waals surface area contributed by atoms with E-state index in [1.165, 1.54) is 0 Å². The maximum atomic E-state index is 13.1. The fourth-order valence-corrected chi connectivity index (χ4v) is 4.99. The van der Waals surface area contributed by atoms with E-state index >= 15 is 0 Å². The van der Waals surface area contributed by atoms with Crippen molar-refractivity contribution in [3.8, 4) is 23.0 Å². The second kappa shape index (κ2) is 10.1. The molecule has 4 heterocycles. The number of carbonyl (C=O) groups excluding carboxylic acids is 1. The molecule has 6 rings (SSSR count). The molecule has 12 nitrogen and oxygen atoms in total. The number of aliphatic hydroxyl groups excluding tert-OH is 4. The van der Waals surface area contributed by atoms with Crippen LogP contribution in [0.25, 0.3) is 0 Å². The monoisotopic (exact) mass is 530 g/mol. The van der Waals surface area contributed by atoms with Crippen molar-refractivity contribution in [3.63, 3.8) is 0 Å². The number of ether oxygens (including phenoxy) is 7. The summed E-state index contributed by atoms with van der Waals surface area (Å²) in [4.78, 5) is 13.1. The summed E-state index contributed by atoms with van der Waals surface area (Å²) in [6.45, 7) is -0.643. The van der Waals surface area contributed by atoms with Crippen LogP contribution in [0.1, 0.15) is 17.0 Å². The van der Waals surface area contributed by atoms with Crippen LogP contribution in [0, 0.1) is 0 Å². The second-order valence-electron chi connectivity index (χ2n) is 9.26. The first-order chi connectivity index (χ1) is 18.4. The minimum absolute atomic E-state index is 0.0583. The van der Waals surface area contributed by atoms with Crippen LogP contribution in [0.2, 0.25) is 0 Å². The Bertz CT molecular complexity index is 1200. The molecule has 2 aromatic carbocycles. The molecule has 0 saturated carbocycles. The Hall–Kier alpha value is -3.39. The van der Waals surface area contributed by atoms with Crippen molar-refractivity contribution >= 4 is 5.97 Å². The van der Waals surface area contributed by atoms with Gasteiger partial charge >= 0.3 is 5.97 Å². The molecule has 5 atom stereocenters. The number of aliphatic hydroxyl groups is 4. The Morgan fingerprint density at radius 2 is 1.42 bits per heavy atom. The summed E-state index contributed by atoms with van der Waals surface area (Å²) in [5.74, 6) is 1.11. The molecule has 4 aliphatic rings. The summed E-state index contributed by atoms with van der Waals surface area (Å²) in [5, 5.41) is 39.9. The largest absolute Gasteiger partial charge is 0.458 e. The molecule has 12 heteroatoms. The van der Waals surface area contributed by atoms with Crippen LogP contribution in [0.4, 0.5) is 0 Å². The van der Waals surface area contributed by atoms with Gasteiger partial charge in [-0.2, -0.15) is 0 Å². The standard InChI is InChI=1S/C26H26O12/c27-7-19-22(28)23(29)24(30)26(38-19)33-9-14-8-32-25(31)21(14)20(12-1-3-15-17(5-12)36-10-34-15)13-2-4-16-18(6-13)37-11-35-16/h1-6,19-20,22-24,26-30H,7-11H2/t19-,22-,23+,24-,26-/m0/s1. The average Bonchev–Trinajstić information content (AvgIpc) is 3.67. The summed E-state index contributed by atoms with van der Waals surface area (Å²) < 4.78 is 38.6. The Labute approximate surface area is 216 Å². The van der Waals surface area contributed by atoms with E-state index in [0.29, 0.717) is 34.1 Å². The Morgan fingerprint density at radius 1 is 0.816 bits per heavy atom. The summed E-state index contributed by atoms with van der Waals surface area (Å²) in [6, 6.07) is 10.8. The van der Waals surface area contributed by atoms with Crippen molar-refractivity contribution in [3.05, 3.63) is 58.7 Å². The number of fused-ring (bicyclic) bond motifs is 2. The second-order valence-corrected chi connectivity index (χ2v) is 9.26. The van der Waals surface area contributed by atoms with E-state index in [9.17, 15) is 25.2 Å². The SMILES string of the molecule is O=C1OCC(CO[C@H]2O[C@@H](CO)[C@H](O)[C@@H](O)[C@@H]2O)=C1C(c1ccc2c(c1)OCO2)c1ccc2c(c1)OCO2. The predicted molar refractivity (Wildman–Crippen MR) is 125 cm³/mol. The van der Waals surface area contributed by atoms with Crippen LogP contribution >= 0.6 is 0 Å². The van der Waals surface area contributed by atoms with Crippen LogP contribution in [-0.4, -0.2) is 90.5 Å². The van der Waals surface area contributed by atoms with Gasteiger partial charge in [0.2, 0.25) is 13.6 Å². The van der Waals surface area contributed by atoms with Crippen LogP contribution in [-0.2, 0) is 19.0 Å². The topological polar surface area (TPSA) is 163 Å². The van der Waals surface area contributed by atoms with E-state index in [4.69, 9.17) is 33.2 Å². The van der Waals surface area contributed by atoms with Gasteiger partial charge in [0.25, 0.3) is 0 Å². The first kappa shape index (κ1) is 24.9. The lowest BCUT2D eigenvalue weighted by Gasteiger charge is -2.39. The molecule has 2 aromatic rings. The summed E-state index contributed by atoms with van der Waals surface area (Å²) >= 11 is 0. The minimum Gasteiger partial charge on any atom is -0.458 e. The van der Waals surface area contributed by atoms with Crippen LogP contribution < -0.4 is 18.9 Å². The highest BCUT2D eigenvalue weighted by Crippen LogP contribution is 2.44. The Balaban J connectivity index is 1.35. The number of carbonyl (C=O) groups is 1. The van der Waals surface area contributed by atoms with Gasteiger partial charge in [-0.1, -0.05) is 12.1 Å². The van der Waals surface area contributed by atoms with E-state index in [2.05, 4.69) is 0 Å². The molecule has 0 amide bonds. The lowest BCUT2D eigenvalue weighted by atomic mass is 9.83. The Kier molecular flexibility index (Phi) is 6.60. The normalized spacial score (nSPS) is 27.8. The molecular weight excluding hydrogens is 504 g/mol. The molecule has 4 N–H and O–H groups in total. The molecule has 0 radical (unpaired) electrons. The van der Waals surface area contributed by atoms with E-state index in [0.717, 1.165) is 11.1 Å². The first-order valence-electron chi connectivity index (χ1n) is 12.0. The molecule has 0 bridgehead atoms. The smallest absolute Gasteiger partial charge is 0.335 e. The van der Waals surface area contributed by atoms with Gasteiger partial charge in [0.05, 0.1) is 18.8 Å². The fourth-order valence-electron chi connectivity index (χ4n) is 4.99. The zero-order valence-corrected chi connectivity index (χ0v) is 20.0. The Morgan fingerprint density at radius 3 is 2.03 bits per heavy atom. The number of esters is 1. The van der Waals surface area contributed by atoms with Crippen molar-refractivity contribution < 1.29 is 58.4 Å². The van der Waals surface area contributed by atoms with Crippen LogP contribution in [0.3, 0.4) is 0 Å². The third kappa shape index (κ3) is 4.34. The molecule has 0 unspecified atom stereocenters. The zero-order valence-electron chi connectivity index (χ0n) is 20.0. The number of rotatable bonds is 7. The summed E-state index contributed by atoms with van der Waals surface area (Å²) in [6.07, 6.45) is -7.15. The van der Waals surface area contributed by atoms with Crippen molar-refractivity contribution in [1.82, 2.24) is 0 Å². The van der Waals surface area contributed by atoms with Gasteiger partial charge in [-0.3, -0.25) is 0 Å². The van der Waals surface area contributed by atoms with Crippen LogP contribution in [0.15, 0.2) is 47.5 Å². The maximum absolute atomic E-state index is 13.1. The molecule has 202 valence electrons. The van der Waals surface area contributed by atoms with Gasteiger partial charge in [0.1, 0.15) is 31.0 Å². The quantitative estimate of drug-likeness (QED) is 0.354. The van der Waals surface area contributed by atoms with Gasteiger partial charge in [-0.15, -0.1) is 0 Å².